The van der Waals surface area contributed by atoms with Crippen LogP contribution in [0.15, 0.2) is 78.0 Å². The number of benzene rings is 2. The summed E-state index contributed by atoms with van der Waals surface area (Å²) in [5.41, 5.74) is 1.60. The van der Waals surface area contributed by atoms with Gasteiger partial charge in [-0.3, -0.25) is 14.9 Å². The van der Waals surface area contributed by atoms with E-state index in [0.717, 1.165) is 11.1 Å². The van der Waals surface area contributed by atoms with Crippen LogP contribution in [0.1, 0.15) is 16.4 Å². The first-order valence-corrected chi connectivity index (χ1v) is 9.11. The number of nitrogens with zero attached hydrogens (tertiary/aromatic N) is 2. The standard InChI is InChI=1S/C20H17N3O3S/c1-14-10-11-16(17(13-14)23(25)26)22-20(24)19(15-7-3-2-4-8-15)27-18-9-5-6-12-21-18/h2-13,19H,1H3,(H,22,24). The number of hydrogen-bond donors (Lipinski definition) is 1. The number of amides is 1. The lowest BCUT2D eigenvalue weighted by Gasteiger charge is -2.16. The fourth-order valence-corrected chi connectivity index (χ4v) is 3.51. The molecule has 136 valence electrons. The number of aryl methyl sites for hydroxylation is 1. The van der Waals surface area contributed by atoms with Crippen molar-refractivity contribution in [1.29, 1.82) is 0 Å². The number of nitrogens with one attached hydrogen (secondary N) is 1. The molecule has 0 saturated carbocycles. The topological polar surface area (TPSA) is 85.1 Å². The lowest BCUT2D eigenvalue weighted by Crippen LogP contribution is -2.19. The van der Waals surface area contributed by atoms with E-state index in [9.17, 15) is 14.9 Å². The third-order valence-electron chi connectivity index (χ3n) is 3.82. The van der Waals surface area contributed by atoms with Crippen LogP contribution in [0.2, 0.25) is 0 Å². The molecule has 2 aromatic carbocycles. The highest BCUT2D eigenvalue weighted by atomic mass is 32.2. The van der Waals surface area contributed by atoms with E-state index in [1.165, 1.54) is 17.8 Å². The molecule has 0 aliphatic rings. The summed E-state index contributed by atoms with van der Waals surface area (Å²) in [6.45, 7) is 1.77. The molecule has 3 aromatic rings. The first kappa shape index (κ1) is 18.6. The van der Waals surface area contributed by atoms with Gasteiger partial charge in [0.2, 0.25) is 5.91 Å². The minimum atomic E-state index is -0.595. The average molecular weight is 379 g/mol. The number of nitro groups is 1. The smallest absolute Gasteiger partial charge is 0.293 e. The lowest BCUT2D eigenvalue weighted by molar-refractivity contribution is -0.384. The highest BCUT2D eigenvalue weighted by molar-refractivity contribution is 8.00. The quantitative estimate of drug-likeness (QED) is 0.379. The number of anilines is 1. The molecule has 0 fully saturated rings. The molecule has 1 N–H and O–H groups in total. The number of hydrogen-bond acceptors (Lipinski definition) is 5. The van der Waals surface area contributed by atoms with E-state index in [4.69, 9.17) is 0 Å². The van der Waals surface area contributed by atoms with Gasteiger partial charge < -0.3 is 5.32 Å². The molecule has 0 spiro atoms. The maximum Gasteiger partial charge on any atom is 0.293 e. The molecule has 0 saturated heterocycles. The molecule has 7 heteroatoms. The van der Waals surface area contributed by atoms with E-state index in [1.807, 2.05) is 42.5 Å². The third-order valence-corrected chi connectivity index (χ3v) is 5.03. The van der Waals surface area contributed by atoms with E-state index in [-0.39, 0.29) is 17.3 Å². The van der Waals surface area contributed by atoms with Gasteiger partial charge in [0.15, 0.2) is 0 Å². The second-order valence-corrected chi connectivity index (χ2v) is 6.97. The molecule has 1 unspecified atom stereocenters. The summed E-state index contributed by atoms with van der Waals surface area (Å²) in [4.78, 5) is 28.1. The minimum absolute atomic E-state index is 0.127. The highest BCUT2D eigenvalue weighted by Crippen LogP contribution is 2.36. The molecule has 1 aromatic heterocycles. The number of pyridine rings is 1. The molecule has 0 radical (unpaired) electrons. The highest BCUT2D eigenvalue weighted by Gasteiger charge is 2.25. The second kappa shape index (κ2) is 8.46. The Morgan fingerprint density at radius 2 is 1.85 bits per heavy atom. The zero-order valence-electron chi connectivity index (χ0n) is 14.5. The number of aromatic nitrogens is 1. The molecule has 3 rings (SSSR count). The SMILES string of the molecule is Cc1ccc(NC(=O)C(Sc2ccccn2)c2ccccc2)c([N+](=O)[O-])c1. The summed E-state index contributed by atoms with van der Waals surface area (Å²) in [6, 6.07) is 19.5. The third kappa shape index (κ3) is 4.71. The van der Waals surface area contributed by atoms with Crippen LogP contribution < -0.4 is 5.32 Å². The normalized spacial score (nSPS) is 11.6. The van der Waals surface area contributed by atoms with Crippen LogP contribution in [0.25, 0.3) is 0 Å². The van der Waals surface area contributed by atoms with E-state index < -0.39 is 10.2 Å². The average Bonchev–Trinajstić information content (AvgIpc) is 2.68. The Hall–Kier alpha value is -3.19. The Labute approximate surface area is 160 Å². The summed E-state index contributed by atoms with van der Waals surface area (Å²) in [6.07, 6.45) is 1.66. The first-order valence-electron chi connectivity index (χ1n) is 8.23. The van der Waals surface area contributed by atoms with Gasteiger partial charge >= 0.3 is 0 Å². The van der Waals surface area contributed by atoms with Gasteiger partial charge in [-0.05, 0) is 36.2 Å². The van der Waals surface area contributed by atoms with Crippen molar-refractivity contribution in [2.75, 3.05) is 5.32 Å². The number of thioether (sulfide) groups is 1. The van der Waals surface area contributed by atoms with Crippen LogP contribution in [-0.2, 0) is 4.79 Å². The van der Waals surface area contributed by atoms with Crippen LogP contribution in [0.4, 0.5) is 11.4 Å². The number of rotatable bonds is 6. The van der Waals surface area contributed by atoms with Crippen LogP contribution >= 0.6 is 11.8 Å². The largest absolute Gasteiger partial charge is 0.319 e. The molecular weight excluding hydrogens is 362 g/mol. The second-order valence-electron chi connectivity index (χ2n) is 5.84. The maximum atomic E-state index is 13.0. The summed E-state index contributed by atoms with van der Waals surface area (Å²) in [5, 5.41) is 14.1. The molecule has 1 atom stereocenters. The zero-order chi connectivity index (χ0) is 19.2. The van der Waals surface area contributed by atoms with Crippen LogP contribution in [0.5, 0.6) is 0 Å². The van der Waals surface area contributed by atoms with Crippen molar-refractivity contribution in [3.8, 4) is 0 Å². The van der Waals surface area contributed by atoms with Crippen LogP contribution in [0, 0.1) is 17.0 Å². The monoisotopic (exact) mass is 379 g/mol. The molecule has 6 nitrogen and oxygen atoms in total. The van der Waals surface area contributed by atoms with E-state index in [0.29, 0.717) is 5.03 Å². The Morgan fingerprint density at radius 1 is 1.11 bits per heavy atom. The Kier molecular flexibility index (Phi) is 5.83. The van der Waals surface area contributed by atoms with E-state index >= 15 is 0 Å². The van der Waals surface area contributed by atoms with Gasteiger partial charge in [-0.15, -0.1) is 0 Å². The van der Waals surface area contributed by atoms with Gasteiger partial charge in [-0.2, -0.15) is 0 Å². The van der Waals surface area contributed by atoms with Gasteiger partial charge in [0.25, 0.3) is 5.69 Å². The van der Waals surface area contributed by atoms with Crippen LogP contribution in [0.3, 0.4) is 0 Å². The van der Waals surface area contributed by atoms with Crippen molar-refractivity contribution in [3.63, 3.8) is 0 Å². The first-order chi connectivity index (χ1) is 13.0. The van der Waals surface area contributed by atoms with Gasteiger partial charge in [-0.1, -0.05) is 54.2 Å². The summed E-state index contributed by atoms with van der Waals surface area (Å²) >= 11 is 1.29. The molecule has 27 heavy (non-hydrogen) atoms. The molecular formula is C20H17N3O3S. The Morgan fingerprint density at radius 3 is 2.52 bits per heavy atom. The van der Waals surface area contributed by atoms with Crippen molar-refractivity contribution in [2.24, 2.45) is 0 Å². The molecule has 0 aliphatic heterocycles. The zero-order valence-corrected chi connectivity index (χ0v) is 15.3. The van der Waals surface area contributed by atoms with E-state index in [2.05, 4.69) is 10.3 Å². The number of carbonyl (C=O) groups is 1. The van der Waals surface area contributed by atoms with Gasteiger partial charge in [0, 0.05) is 12.3 Å². The Balaban J connectivity index is 1.91. The van der Waals surface area contributed by atoms with Crippen molar-refractivity contribution >= 4 is 29.0 Å². The van der Waals surface area contributed by atoms with E-state index in [1.54, 1.807) is 31.3 Å². The number of carbonyl (C=O) groups excluding carboxylic acids is 1. The van der Waals surface area contributed by atoms with Crippen molar-refractivity contribution in [1.82, 2.24) is 4.98 Å². The number of nitro benzene ring substituents is 1. The van der Waals surface area contributed by atoms with Crippen molar-refractivity contribution in [3.05, 3.63) is 94.2 Å². The maximum absolute atomic E-state index is 13.0. The Bertz CT molecular complexity index is 949. The lowest BCUT2D eigenvalue weighted by atomic mass is 10.1. The molecule has 0 bridgehead atoms. The molecule has 0 aliphatic carbocycles. The van der Waals surface area contributed by atoms with Gasteiger partial charge in [0.1, 0.15) is 10.9 Å². The summed E-state index contributed by atoms with van der Waals surface area (Å²) in [7, 11) is 0. The minimum Gasteiger partial charge on any atom is -0.319 e. The van der Waals surface area contributed by atoms with Crippen molar-refractivity contribution < 1.29 is 9.72 Å². The molecule has 1 amide bonds. The fraction of sp³-hybridized carbons (Fsp3) is 0.100. The molecule has 1 heterocycles. The van der Waals surface area contributed by atoms with Crippen LogP contribution in [-0.4, -0.2) is 15.8 Å². The summed E-state index contributed by atoms with van der Waals surface area (Å²) in [5.74, 6) is -0.344. The predicted octanol–water partition coefficient (Wildman–Crippen LogP) is 4.77. The van der Waals surface area contributed by atoms with Gasteiger partial charge in [0.05, 0.1) is 9.95 Å². The van der Waals surface area contributed by atoms with Crippen molar-refractivity contribution in [2.45, 2.75) is 17.2 Å². The van der Waals surface area contributed by atoms with Gasteiger partial charge in [-0.25, -0.2) is 4.98 Å². The summed E-state index contributed by atoms with van der Waals surface area (Å²) < 4.78 is 0. The predicted molar refractivity (Wildman–Crippen MR) is 106 cm³/mol. The fourth-order valence-electron chi connectivity index (χ4n) is 2.54.